The number of benzene rings is 2. The quantitative estimate of drug-likeness (QED) is 0.773. The van der Waals surface area contributed by atoms with E-state index in [0.717, 1.165) is 12.0 Å². The highest BCUT2D eigenvalue weighted by molar-refractivity contribution is 5.99. The molecule has 2 aromatic rings. The number of nitrogens with zero attached hydrogens (tertiary/aromatic N) is 1. The largest absolute Gasteiger partial charge is 0.488 e. The third kappa shape index (κ3) is 4.92. The number of ketones is 1. The molecule has 0 unspecified atom stereocenters. The molecule has 5 heteroatoms. The fourth-order valence-electron chi connectivity index (χ4n) is 2.37. The number of nitriles is 1. The summed E-state index contributed by atoms with van der Waals surface area (Å²) < 4.78 is 5.75. The van der Waals surface area contributed by atoms with Crippen molar-refractivity contribution in [2.75, 3.05) is 5.32 Å². The van der Waals surface area contributed by atoms with Crippen LogP contribution in [-0.4, -0.2) is 11.7 Å². The van der Waals surface area contributed by atoms with Crippen LogP contribution in [0.15, 0.2) is 42.5 Å². The second-order valence-electron chi connectivity index (χ2n) is 5.62. The summed E-state index contributed by atoms with van der Waals surface area (Å²) in [4.78, 5) is 23.6. The Hall–Kier alpha value is -3.13. The molecule has 0 aromatic heterocycles. The zero-order valence-corrected chi connectivity index (χ0v) is 14.3. The number of hydrogen-bond donors (Lipinski definition) is 1. The van der Waals surface area contributed by atoms with Crippen molar-refractivity contribution in [3.8, 4) is 11.8 Å². The van der Waals surface area contributed by atoms with Crippen LogP contribution in [0.1, 0.15) is 48.2 Å². The Morgan fingerprint density at radius 2 is 1.96 bits per heavy atom. The van der Waals surface area contributed by atoms with Crippen LogP contribution in [0.2, 0.25) is 0 Å². The first kappa shape index (κ1) is 18.2. The molecule has 0 fully saturated rings. The van der Waals surface area contributed by atoms with E-state index in [-0.39, 0.29) is 18.3 Å². The van der Waals surface area contributed by atoms with Crippen molar-refractivity contribution in [3.05, 3.63) is 59.2 Å². The van der Waals surface area contributed by atoms with E-state index in [2.05, 4.69) is 11.4 Å². The molecule has 0 aliphatic rings. The minimum absolute atomic E-state index is 0.0892. The van der Waals surface area contributed by atoms with E-state index in [1.807, 2.05) is 19.1 Å². The van der Waals surface area contributed by atoms with E-state index in [0.29, 0.717) is 29.0 Å². The molecule has 0 bridgehead atoms. The van der Waals surface area contributed by atoms with Crippen molar-refractivity contribution >= 4 is 17.4 Å². The van der Waals surface area contributed by atoms with Crippen molar-refractivity contribution in [3.63, 3.8) is 0 Å². The molecule has 0 spiro atoms. The van der Waals surface area contributed by atoms with Crippen molar-refractivity contribution in [2.45, 2.75) is 33.3 Å². The van der Waals surface area contributed by atoms with Crippen LogP contribution in [0.3, 0.4) is 0 Å². The molecule has 0 atom stereocenters. The molecule has 0 heterocycles. The Labute approximate surface area is 147 Å². The molecule has 5 nitrogen and oxygen atoms in total. The van der Waals surface area contributed by atoms with E-state index in [4.69, 9.17) is 10.00 Å². The van der Waals surface area contributed by atoms with E-state index in [9.17, 15) is 9.59 Å². The minimum Gasteiger partial charge on any atom is -0.488 e. The van der Waals surface area contributed by atoms with Crippen molar-refractivity contribution < 1.29 is 14.3 Å². The van der Waals surface area contributed by atoms with Crippen molar-refractivity contribution in [2.24, 2.45) is 0 Å². The summed E-state index contributed by atoms with van der Waals surface area (Å²) in [5.41, 5.74) is 2.24. The zero-order chi connectivity index (χ0) is 18.2. The van der Waals surface area contributed by atoms with E-state index in [1.165, 1.54) is 6.92 Å². The zero-order valence-electron chi connectivity index (χ0n) is 14.3. The Kier molecular flexibility index (Phi) is 6.30. The molecular formula is C20H20N2O3. The molecule has 0 saturated carbocycles. The summed E-state index contributed by atoms with van der Waals surface area (Å²) >= 11 is 0. The Balaban J connectivity index is 2.19. The number of carbonyl (C=O) groups excluding carboxylic acids is 2. The first-order chi connectivity index (χ1) is 12.0. The van der Waals surface area contributed by atoms with Gasteiger partial charge in [0.15, 0.2) is 5.78 Å². The van der Waals surface area contributed by atoms with Crippen LogP contribution >= 0.6 is 0 Å². The third-order valence-corrected chi connectivity index (χ3v) is 3.64. The van der Waals surface area contributed by atoms with Gasteiger partial charge in [-0.25, -0.2) is 0 Å². The summed E-state index contributed by atoms with van der Waals surface area (Å²) in [5.74, 6) is 0.178. The van der Waals surface area contributed by atoms with Crippen LogP contribution in [0.5, 0.6) is 5.75 Å². The number of rotatable bonds is 7. The van der Waals surface area contributed by atoms with E-state index >= 15 is 0 Å². The molecule has 0 aliphatic carbocycles. The van der Waals surface area contributed by atoms with Gasteiger partial charge < -0.3 is 10.1 Å². The molecule has 2 rings (SSSR count). The number of hydrogen-bond acceptors (Lipinski definition) is 4. The van der Waals surface area contributed by atoms with Crippen molar-refractivity contribution in [1.29, 1.82) is 5.26 Å². The molecule has 0 saturated heterocycles. The summed E-state index contributed by atoms with van der Waals surface area (Å²) in [7, 11) is 0. The molecule has 1 N–H and O–H groups in total. The van der Waals surface area contributed by atoms with Gasteiger partial charge in [0.05, 0.1) is 17.2 Å². The number of ether oxygens (including phenoxy) is 1. The monoisotopic (exact) mass is 336 g/mol. The Bertz CT molecular complexity index is 822. The second-order valence-corrected chi connectivity index (χ2v) is 5.62. The van der Waals surface area contributed by atoms with Gasteiger partial charge in [-0.05, 0) is 37.6 Å². The third-order valence-electron chi connectivity index (χ3n) is 3.64. The highest BCUT2D eigenvalue weighted by atomic mass is 16.5. The van der Waals surface area contributed by atoms with Gasteiger partial charge in [-0.1, -0.05) is 25.1 Å². The lowest BCUT2D eigenvalue weighted by atomic mass is 10.1. The summed E-state index contributed by atoms with van der Waals surface area (Å²) in [6, 6.07) is 14.2. The molecular weight excluding hydrogens is 316 g/mol. The normalized spacial score (nSPS) is 9.96. The fraction of sp³-hybridized carbons (Fsp3) is 0.250. The van der Waals surface area contributed by atoms with Gasteiger partial charge >= 0.3 is 0 Å². The number of anilines is 1. The average molecular weight is 336 g/mol. The average Bonchev–Trinajstić information content (AvgIpc) is 2.60. The second kappa shape index (κ2) is 8.65. The van der Waals surface area contributed by atoms with Gasteiger partial charge in [-0.2, -0.15) is 5.26 Å². The van der Waals surface area contributed by atoms with Gasteiger partial charge in [-0.15, -0.1) is 0 Å². The lowest BCUT2D eigenvalue weighted by Crippen LogP contribution is -2.11. The van der Waals surface area contributed by atoms with Gasteiger partial charge in [-0.3, -0.25) is 9.59 Å². The Morgan fingerprint density at radius 1 is 1.20 bits per heavy atom. The molecule has 1 amide bonds. The maximum atomic E-state index is 11.9. The smallest absolute Gasteiger partial charge is 0.224 e. The standard InChI is InChI=1S/C20H20N2O3/c1-3-6-20(24)22-17-9-10-19(18(11-17)14(2)23)25-13-16-8-5-4-7-15(16)12-21/h4-5,7-11H,3,6,13H2,1-2H3,(H,22,24). The predicted molar refractivity (Wildman–Crippen MR) is 95.5 cm³/mol. The molecule has 0 aliphatic heterocycles. The topological polar surface area (TPSA) is 79.2 Å². The van der Waals surface area contributed by atoms with Gasteiger partial charge in [0, 0.05) is 17.7 Å². The van der Waals surface area contributed by atoms with Crippen molar-refractivity contribution in [1.82, 2.24) is 0 Å². The van der Waals surface area contributed by atoms with Crippen LogP contribution in [0.4, 0.5) is 5.69 Å². The van der Waals surface area contributed by atoms with Crippen LogP contribution in [-0.2, 0) is 11.4 Å². The molecule has 2 aromatic carbocycles. The summed E-state index contributed by atoms with van der Waals surface area (Å²) in [6.07, 6.45) is 1.18. The predicted octanol–water partition coefficient (Wildman–Crippen LogP) is 4.08. The summed E-state index contributed by atoms with van der Waals surface area (Å²) in [6.45, 7) is 3.56. The maximum absolute atomic E-state index is 11.9. The number of Topliss-reactive ketones (excluding diaryl/α,β-unsaturated/α-hetero) is 1. The lowest BCUT2D eigenvalue weighted by molar-refractivity contribution is -0.116. The van der Waals surface area contributed by atoms with E-state index < -0.39 is 0 Å². The van der Waals surface area contributed by atoms with Crippen LogP contribution < -0.4 is 10.1 Å². The van der Waals surface area contributed by atoms with E-state index in [1.54, 1.807) is 30.3 Å². The Morgan fingerprint density at radius 3 is 2.64 bits per heavy atom. The number of amides is 1. The lowest BCUT2D eigenvalue weighted by Gasteiger charge is -2.13. The van der Waals surface area contributed by atoms with Crippen LogP contribution in [0.25, 0.3) is 0 Å². The van der Waals surface area contributed by atoms with Gasteiger partial charge in [0.2, 0.25) is 5.91 Å². The first-order valence-electron chi connectivity index (χ1n) is 8.10. The molecule has 128 valence electrons. The highest BCUT2D eigenvalue weighted by Gasteiger charge is 2.12. The van der Waals surface area contributed by atoms with Gasteiger partial charge in [0.25, 0.3) is 0 Å². The summed E-state index contributed by atoms with van der Waals surface area (Å²) in [5, 5.41) is 11.9. The molecule has 25 heavy (non-hydrogen) atoms. The number of carbonyl (C=O) groups is 2. The first-order valence-corrected chi connectivity index (χ1v) is 8.10. The minimum atomic E-state index is -0.157. The SMILES string of the molecule is CCCC(=O)Nc1ccc(OCc2ccccc2C#N)c(C(C)=O)c1. The maximum Gasteiger partial charge on any atom is 0.224 e. The van der Waals surface area contributed by atoms with Crippen LogP contribution in [0, 0.1) is 11.3 Å². The highest BCUT2D eigenvalue weighted by Crippen LogP contribution is 2.25. The molecule has 0 radical (unpaired) electrons. The van der Waals surface area contributed by atoms with Gasteiger partial charge in [0.1, 0.15) is 12.4 Å². The fourth-order valence-corrected chi connectivity index (χ4v) is 2.37. The number of nitrogens with one attached hydrogen (secondary N) is 1.